The summed E-state index contributed by atoms with van der Waals surface area (Å²) >= 11 is 0. The summed E-state index contributed by atoms with van der Waals surface area (Å²) in [6.45, 7) is 5.22. The Morgan fingerprint density at radius 1 is 0.837 bits per heavy atom. The molecule has 0 radical (unpaired) electrons. The van der Waals surface area contributed by atoms with E-state index in [-0.39, 0.29) is 36.4 Å². The van der Waals surface area contributed by atoms with Gasteiger partial charge in [-0.05, 0) is 55.7 Å². The summed E-state index contributed by atoms with van der Waals surface area (Å²) < 4.78 is 16.0. The van der Waals surface area contributed by atoms with Crippen LogP contribution in [0.1, 0.15) is 37.5 Å². The second-order valence-corrected chi connectivity index (χ2v) is 10.9. The smallest absolute Gasteiger partial charge is 0.492 e. The summed E-state index contributed by atoms with van der Waals surface area (Å²) in [4.78, 5) is 38.8. The number of rotatable bonds is 12. The number of ether oxygens (including phenoxy) is 3. The van der Waals surface area contributed by atoms with Crippen molar-refractivity contribution in [3.05, 3.63) is 89.5 Å². The molecule has 0 aliphatic carbocycles. The second-order valence-electron chi connectivity index (χ2n) is 10.9. The molecule has 5 N–H and O–H groups in total. The Morgan fingerprint density at radius 3 is 2.07 bits per heavy atom. The van der Waals surface area contributed by atoms with Gasteiger partial charge in [-0.25, -0.2) is 9.59 Å². The molecule has 43 heavy (non-hydrogen) atoms. The first kappa shape index (κ1) is 33.0. The van der Waals surface area contributed by atoms with E-state index in [9.17, 15) is 29.5 Å². The van der Waals surface area contributed by atoms with E-state index in [4.69, 9.17) is 14.2 Å². The predicted octanol–water partition coefficient (Wildman–Crippen LogP) is 1.99. The molecule has 3 aromatic rings. The minimum absolute atomic E-state index is 0.0490. The van der Waals surface area contributed by atoms with Crippen LogP contribution >= 0.6 is 0 Å². The van der Waals surface area contributed by atoms with E-state index in [0.717, 1.165) is 5.56 Å². The van der Waals surface area contributed by atoms with Crippen molar-refractivity contribution < 1.29 is 43.7 Å². The summed E-state index contributed by atoms with van der Waals surface area (Å²) in [6, 6.07) is 17.8. The summed E-state index contributed by atoms with van der Waals surface area (Å²) in [6.07, 6.45) is -0.880. The number of benzene rings is 3. The minimum atomic E-state index is -1.87. The third-order valence-corrected chi connectivity index (χ3v) is 6.22. The number of carbonyl (C=O) groups is 3. The van der Waals surface area contributed by atoms with E-state index in [1.165, 1.54) is 25.3 Å². The lowest BCUT2D eigenvalue weighted by molar-refractivity contribution is -0.145. The van der Waals surface area contributed by atoms with Crippen LogP contribution in [0, 0.1) is 0 Å². The zero-order valence-electron chi connectivity index (χ0n) is 24.6. The Labute approximate surface area is 250 Å². The molecule has 2 atom stereocenters. The van der Waals surface area contributed by atoms with Crippen molar-refractivity contribution in [3.63, 3.8) is 0 Å². The van der Waals surface area contributed by atoms with Crippen molar-refractivity contribution >= 4 is 30.6 Å². The normalized spacial score (nSPS) is 12.4. The third-order valence-electron chi connectivity index (χ3n) is 6.22. The molecule has 11 nitrogen and oxygen atoms in total. The molecule has 2 amide bonds. The molecule has 228 valence electrons. The zero-order chi connectivity index (χ0) is 31.6. The number of alkyl carbamates (subject to hydrolysis) is 1. The maximum absolute atomic E-state index is 13.5. The average Bonchev–Trinajstić information content (AvgIpc) is 2.95. The molecule has 0 saturated carbocycles. The van der Waals surface area contributed by atoms with E-state index in [2.05, 4.69) is 10.6 Å². The van der Waals surface area contributed by atoms with Crippen LogP contribution in [0.25, 0.3) is 0 Å². The lowest BCUT2D eigenvalue weighted by atomic mass is 9.78. The molecule has 0 aliphatic rings. The van der Waals surface area contributed by atoms with Gasteiger partial charge in [0.05, 0.1) is 7.11 Å². The maximum atomic E-state index is 13.5. The van der Waals surface area contributed by atoms with Gasteiger partial charge in [-0.15, -0.1) is 0 Å². The van der Waals surface area contributed by atoms with Crippen LogP contribution in [0.2, 0.25) is 0 Å². The van der Waals surface area contributed by atoms with Gasteiger partial charge >= 0.3 is 19.2 Å². The van der Waals surface area contributed by atoms with Gasteiger partial charge in [0, 0.05) is 18.3 Å². The largest absolute Gasteiger partial charge is 0.508 e. The van der Waals surface area contributed by atoms with Gasteiger partial charge in [-0.1, -0.05) is 54.6 Å². The quantitative estimate of drug-likeness (QED) is 0.156. The standard InChI is InChI=1S/C31H37BN2O9/c1-31(2,3)43-30(38)34-25(28(36)33-26(29(37)41-4)17-20-10-13-23(35)14-11-20)18-22-12-15-27(24(16-22)32(39)40)42-19-21-8-6-5-7-9-21/h5-16,25-26,35,39-40H,17-19H2,1-4H3,(H,33,36)(H,34,38)/t25-,26-/m0/s1. The van der Waals surface area contributed by atoms with Crippen LogP contribution in [-0.4, -0.2) is 65.0 Å². The van der Waals surface area contributed by atoms with Crippen LogP contribution in [0.5, 0.6) is 11.5 Å². The number of nitrogens with one attached hydrogen (secondary N) is 2. The lowest BCUT2D eigenvalue weighted by Gasteiger charge is -2.25. The van der Waals surface area contributed by atoms with Crippen molar-refractivity contribution in [3.8, 4) is 11.5 Å². The molecule has 3 aromatic carbocycles. The summed E-state index contributed by atoms with van der Waals surface area (Å²) in [5, 5.41) is 34.9. The predicted molar refractivity (Wildman–Crippen MR) is 160 cm³/mol. The van der Waals surface area contributed by atoms with Crippen LogP contribution in [-0.2, 0) is 38.5 Å². The van der Waals surface area contributed by atoms with Gasteiger partial charge in [-0.3, -0.25) is 4.79 Å². The van der Waals surface area contributed by atoms with Gasteiger partial charge < -0.3 is 40.0 Å². The Balaban J connectivity index is 1.84. The van der Waals surface area contributed by atoms with Crippen LogP contribution in [0.15, 0.2) is 72.8 Å². The minimum Gasteiger partial charge on any atom is -0.508 e. The van der Waals surface area contributed by atoms with Gasteiger partial charge in [0.15, 0.2) is 0 Å². The lowest BCUT2D eigenvalue weighted by Crippen LogP contribution is -2.54. The van der Waals surface area contributed by atoms with Gasteiger partial charge in [-0.2, -0.15) is 0 Å². The van der Waals surface area contributed by atoms with Gasteiger partial charge in [0.2, 0.25) is 5.91 Å². The molecule has 3 rings (SSSR count). The second kappa shape index (κ2) is 15.1. The fourth-order valence-electron chi connectivity index (χ4n) is 4.16. The monoisotopic (exact) mass is 592 g/mol. The van der Waals surface area contributed by atoms with E-state index < -0.39 is 42.8 Å². The first-order chi connectivity index (χ1) is 20.3. The Morgan fingerprint density at radius 2 is 1.47 bits per heavy atom. The maximum Gasteiger partial charge on any atom is 0.492 e. The summed E-state index contributed by atoms with van der Waals surface area (Å²) in [5.41, 5.74) is 1.24. The molecule has 0 aromatic heterocycles. The summed E-state index contributed by atoms with van der Waals surface area (Å²) in [7, 11) is -0.677. The number of carbonyl (C=O) groups excluding carboxylic acids is 3. The number of aromatic hydroxyl groups is 1. The number of phenols is 1. The fourth-order valence-corrected chi connectivity index (χ4v) is 4.16. The highest BCUT2D eigenvalue weighted by Gasteiger charge is 2.30. The highest BCUT2D eigenvalue weighted by atomic mass is 16.6. The highest BCUT2D eigenvalue weighted by molar-refractivity contribution is 6.59. The number of phenolic OH excluding ortho intramolecular Hbond substituents is 1. The molecule has 0 unspecified atom stereocenters. The Hall–Kier alpha value is -4.55. The fraction of sp³-hybridized carbons (Fsp3) is 0.323. The molecule has 0 fully saturated rings. The molecular formula is C31H37BN2O9. The molecular weight excluding hydrogens is 555 g/mol. The number of hydrogen-bond acceptors (Lipinski definition) is 9. The topological polar surface area (TPSA) is 164 Å². The molecule has 0 saturated heterocycles. The summed E-state index contributed by atoms with van der Waals surface area (Å²) in [5.74, 6) is -1.12. The first-order valence-electron chi connectivity index (χ1n) is 13.7. The van der Waals surface area contributed by atoms with Crippen LogP contribution in [0.4, 0.5) is 4.79 Å². The van der Waals surface area contributed by atoms with Crippen molar-refractivity contribution in [1.29, 1.82) is 0 Å². The molecule has 0 bridgehead atoms. The van der Waals surface area contributed by atoms with Crippen LogP contribution in [0.3, 0.4) is 0 Å². The van der Waals surface area contributed by atoms with E-state index >= 15 is 0 Å². The molecule has 0 heterocycles. The van der Waals surface area contributed by atoms with E-state index in [1.807, 2.05) is 30.3 Å². The Kier molecular flexibility index (Phi) is 11.6. The number of amides is 2. The zero-order valence-corrected chi connectivity index (χ0v) is 24.6. The van der Waals surface area contributed by atoms with Crippen molar-refractivity contribution in [2.75, 3.05) is 7.11 Å². The van der Waals surface area contributed by atoms with E-state index in [1.54, 1.807) is 45.0 Å². The number of hydrogen-bond donors (Lipinski definition) is 5. The first-order valence-corrected chi connectivity index (χ1v) is 13.7. The van der Waals surface area contributed by atoms with Gasteiger partial charge in [0.1, 0.15) is 35.8 Å². The SMILES string of the molecule is COC(=O)[C@H](Cc1ccc(O)cc1)NC(=O)[C@H](Cc1ccc(OCc2ccccc2)c(B(O)O)c1)NC(=O)OC(C)(C)C. The van der Waals surface area contributed by atoms with Crippen molar-refractivity contribution in [1.82, 2.24) is 10.6 Å². The van der Waals surface area contributed by atoms with Crippen molar-refractivity contribution in [2.24, 2.45) is 0 Å². The number of esters is 1. The van der Waals surface area contributed by atoms with Crippen molar-refractivity contribution in [2.45, 2.75) is 57.9 Å². The molecule has 12 heteroatoms. The highest BCUT2D eigenvalue weighted by Crippen LogP contribution is 2.16. The van der Waals surface area contributed by atoms with Gasteiger partial charge in [0.25, 0.3) is 0 Å². The van der Waals surface area contributed by atoms with Crippen LogP contribution < -0.4 is 20.8 Å². The number of methoxy groups -OCH3 is 1. The molecule has 0 aliphatic heterocycles. The molecule has 0 spiro atoms. The Bertz CT molecular complexity index is 1380. The van der Waals surface area contributed by atoms with E-state index in [0.29, 0.717) is 11.1 Å². The third kappa shape index (κ3) is 10.7. The average molecular weight is 592 g/mol.